The topological polar surface area (TPSA) is 45.5 Å². The second kappa shape index (κ2) is 6.06. The van der Waals surface area contributed by atoms with Crippen LogP contribution in [0.5, 0.6) is 0 Å². The van der Waals surface area contributed by atoms with Gasteiger partial charge in [-0.25, -0.2) is 0 Å². The smallest absolute Gasteiger partial charge is 0.239 e. The van der Waals surface area contributed by atoms with Crippen molar-refractivity contribution in [3.63, 3.8) is 0 Å². The third-order valence-corrected chi connectivity index (χ3v) is 2.86. The molecule has 0 saturated heterocycles. The van der Waals surface area contributed by atoms with Crippen molar-refractivity contribution in [3.8, 4) is 0 Å². The van der Waals surface area contributed by atoms with Crippen LogP contribution in [0.25, 0.3) is 0 Å². The summed E-state index contributed by atoms with van der Waals surface area (Å²) in [7, 11) is 1.80. The van der Waals surface area contributed by atoms with Gasteiger partial charge in [-0.2, -0.15) is 0 Å². The molecule has 1 unspecified atom stereocenters. The van der Waals surface area contributed by atoms with Gasteiger partial charge in [-0.15, -0.1) is 0 Å². The van der Waals surface area contributed by atoms with Gasteiger partial charge >= 0.3 is 0 Å². The van der Waals surface area contributed by atoms with Gasteiger partial charge in [0.1, 0.15) is 5.76 Å². The molecule has 0 aliphatic carbocycles. The number of hydrogen-bond acceptors (Lipinski definition) is 3. The van der Waals surface area contributed by atoms with Gasteiger partial charge in [-0.05, 0) is 41.9 Å². The highest BCUT2D eigenvalue weighted by Gasteiger charge is 2.15. The Kier molecular flexibility index (Phi) is 5.02. The molecule has 0 radical (unpaired) electrons. The Bertz CT molecular complexity index is 352. The highest BCUT2D eigenvalue weighted by Crippen LogP contribution is 2.13. The summed E-state index contributed by atoms with van der Waals surface area (Å²) >= 11 is 3.23. The van der Waals surface area contributed by atoms with Gasteiger partial charge in [0.25, 0.3) is 0 Å². The maximum Gasteiger partial charge on any atom is 0.239 e. The molecule has 4 nitrogen and oxygen atoms in total. The molecule has 0 saturated carbocycles. The van der Waals surface area contributed by atoms with Crippen molar-refractivity contribution >= 4 is 21.8 Å². The van der Waals surface area contributed by atoms with E-state index in [0.717, 1.165) is 12.3 Å². The summed E-state index contributed by atoms with van der Waals surface area (Å²) < 4.78 is 6.03. The van der Waals surface area contributed by atoms with Crippen LogP contribution in [0.1, 0.15) is 19.6 Å². The zero-order valence-electron chi connectivity index (χ0n) is 9.79. The summed E-state index contributed by atoms with van der Waals surface area (Å²) in [5, 5.41) is 3.12. The third kappa shape index (κ3) is 3.64. The summed E-state index contributed by atoms with van der Waals surface area (Å²) in [5.74, 6) is 0.902. The average Bonchev–Trinajstić information content (AvgIpc) is 2.69. The van der Waals surface area contributed by atoms with E-state index in [4.69, 9.17) is 4.42 Å². The van der Waals surface area contributed by atoms with Crippen molar-refractivity contribution in [2.24, 2.45) is 0 Å². The number of likely N-dealkylation sites (N-methyl/N-ethyl adjacent to an activating group) is 1. The minimum Gasteiger partial charge on any atom is -0.453 e. The summed E-state index contributed by atoms with van der Waals surface area (Å²) in [4.78, 5) is 13.4. The van der Waals surface area contributed by atoms with E-state index in [1.807, 2.05) is 26.0 Å². The Morgan fingerprint density at radius 1 is 1.62 bits per heavy atom. The fourth-order valence-electron chi connectivity index (χ4n) is 1.27. The van der Waals surface area contributed by atoms with Crippen molar-refractivity contribution in [2.45, 2.75) is 26.4 Å². The van der Waals surface area contributed by atoms with E-state index in [1.165, 1.54) is 0 Å². The zero-order valence-corrected chi connectivity index (χ0v) is 11.4. The van der Waals surface area contributed by atoms with Crippen molar-refractivity contribution < 1.29 is 9.21 Å². The second-order valence-electron chi connectivity index (χ2n) is 3.66. The summed E-state index contributed by atoms with van der Waals surface area (Å²) in [6, 6.07) is 3.51. The summed E-state index contributed by atoms with van der Waals surface area (Å²) in [6.07, 6.45) is 0. The molecule has 0 aromatic carbocycles. The average molecular weight is 289 g/mol. The molecule has 0 fully saturated rings. The van der Waals surface area contributed by atoms with Gasteiger partial charge in [-0.3, -0.25) is 10.1 Å². The molecule has 1 amide bonds. The van der Waals surface area contributed by atoms with Crippen LogP contribution in [0.3, 0.4) is 0 Å². The molecule has 16 heavy (non-hydrogen) atoms. The van der Waals surface area contributed by atoms with E-state index in [9.17, 15) is 4.79 Å². The van der Waals surface area contributed by atoms with Crippen LogP contribution in [0.15, 0.2) is 21.2 Å². The first-order valence-corrected chi connectivity index (χ1v) is 6.06. The van der Waals surface area contributed by atoms with Crippen LogP contribution >= 0.6 is 15.9 Å². The predicted molar refractivity (Wildman–Crippen MR) is 66.0 cm³/mol. The monoisotopic (exact) mass is 288 g/mol. The van der Waals surface area contributed by atoms with Crippen LogP contribution in [0, 0.1) is 0 Å². The highest BCUT2D eigenvalue weighted by molar-refractivity contribution is 9.10. The van der Waals surface area contributed by atoms with Crippen LogP contribution in [-0.4, -0.2) is 30.4 Å². The van der Waals surface area contributed by atoms with Crippen LogP contribution in [0.4, 0.5) is 0 Å². The van der Waals surface area contributed by atoms with Gasteiger partial charge in [-0.1, -0.05) is 0 Å². The molecule has 0 bridgehead atoms. The lowest BCUT2D eigenvalue weighted by Gasteiger charge is -2.20. The van der Waals surface area contributed by atoms with Crippen LogP contribution in [-0.2, 0) is 11.3 Å². The summed E-state index contributed by atoms with van der Waals surface area (Å²) in [5.41, 5.74) is 0. The standard InChI is InChI=1S/C11H17BrN2O2/c1-4-14(3)11(15)8(2)13-7-9-5-6-10(12)16-9/h5-6,8,13H,4,7H2,1-3H3. The first kappa shape index (κ1) is 13.3. The van der Waals surface area contributed by atoms with Crippen molar-refractivity contribution in [1.29, 1.82) is 0 Å². The minimum atomic E-state index is -0.200. The van der Waals surface area contributed by atoms with Crippen molar-refractivity contribution in [3.05, 3.63) is 22.6 Å². The number of nitrogens with one attached hydrogen (secondary N) is 1. The number of furan rings is 1. The molecule has 1 N–H and O–H groups in total. The van der Waals surface area contributed by atoms with Crippen LogP contribution in [0.2, 0.25) is 0 Å². The molecule has 0 aliphatic heterocycles. The molecule has 0 aliphatic rings. The first-order valence-electron chi connectivity index (χ1n) is 5.27. The van der Waals surface area contributed by atoms with Crippen molar-refractivity contribution in [1.82, 2.24) is 10.2 Å². The fraction of sp³-hybridized carbons (Fsp3) is 0.545. The number of carbonyl (C=O) groups is 1. The van der Waals surface area contributed by atoms with E-state index < -0.39 is 0 Å². The predicted octanol–water partition coefficient (Wildman–Crippen LogP) is 2.00. The molecule has 1 atom stereocenters. The normalized spacial score (nSPS) is 12.5. The fourth-order valence-corrected chi connectivity index (χ4v) is 1.61. The van der Waals surface area contributed by atoms with E-state index in [-0.39, 0.29) is 11.9 Å². The zero-order chi connectivity index (χ0) is 12.1. The maximum absolute atomic E-state index is 11.7. The van der Waals surface area contributed by atoms with Gasteiger partial charge in [0.2, 0.25) is 5.91 Å². The summed E-state index contributed by atoms with van der Waals surface area (Å²) in [6.45, 7) is 5.08. The molecule has 1 rings (SSSR count). The van der Waals surface area contributed by atoms with E-state index in [1.54, 1.807) is 11.9 Å². The number of rotatable bonds is 5. The lowest BCUT2D eigenvalue weighted by atomic mass is 10.3. The first-order chi connectivity index (χ1) is 7.54. The Morgan fingerprint density at radius 3 is 2.81 bits per heavy atom. The molecule has 5 heteroatoms. The minimum absolute atomic E-state index is 0.0909. The highest BCUT2D eigenvalue weighted by atomic mass is 79.9. The molecular weight excluding hydrogens is 272 g/mol. The Morgan fingerprint density at radius 2 is 2.31 bits per heavy atom. The lowest BCUT2D eigenvalue weighted by molar-refractivity contribution is -0.131. The number of amides is 1. The van der Waals surface area contributed by atoms with Gasteiger partial charge in [0.15, 0.2) is 4.67 Å². The third-order valence-electron chi connectivity index (χ3n) is 2.43. The van der Waals surface area contributed by atoms with Gasteiger partial charge in [0, 0.05) is 13.6 Å². The Hall–Kier alpha value is -0.810. The molecule has 1 aromatic rings. The second-order valence-corrected chi connectivity index (χ2v) is 4.44. The van der Waals surface area contributed by atoms with E-state index in [2.05, 4.69) is 21.2 Å². The molecule has 1 heterocycles. The van der Waals surface area contributed by atoms with Crippen LogP contribution < -0.4 is 5.32 Å². The number of hydrogen-bond donors (Lipinski definition) is 1. The number of nitrogens with zero attached hydrogens (tertiary/aromatic N) is 1. The van der Waals surface area contributed by atoms with Gasteiger partial charge in [0.05, 0.1) is 12.6 Å². The molecular formula is C11H17BrN2O2. The lowest BCUT2D eigenvalue weighted by Crippen LogP contribution is -2.42. The SMILES string of the molecule is CCN(C)C(=O)C(C)NCc1ccc(Br)o1. The quantitative estimate of drug-likeness (QED) is 0.901. The van der Waals surface area contributed by atoms with E-state index in [0.29, 0.717) is 11.2 Å². The Balaban J connectivity index is 2.40. The Labute approximate surface area is 104 Å². The largest absolute Gasteiger partial charge is 0.453 e. The van der Waals surface area contributed by atoms with E-state index >= 15 is 0 Å². The number of halogens is 1. The molecule has 1 aromatic heterocycles. The van der Waals surface area contributed by atoms with Crippen molar-refractivity contribution in [2.75, 3.05) is 13.6 Å². The molecule has 0 spiro atoms. The number of carbonyl (C=O) groups excluding carboxylic acids is 1. The maximum atomic E-state index is 11.7. The molecule has 90 valence electrons. The van der Waals surface area contributed by atoms with Gasteiger partial charge < -0.3 is 9.32 Å².